The summed E-state index contributed by atoms with van der Waals surface area (Å²) in [5.74, 6) is 3.20. The molecule has 0 radical (unpaired) electrons. The van der Waals surface area contributed by atoms with E-state index >= 15 is 0 Å². The van der Waals surface area contributed by atoms with Gasteiger partial charge in [0.15, 0.2) is 34.9 Å². The maximum Gasteiger partial charge on any atom is 0.295 e. The van der Waals surface area contributed by atoms with Crippen molar-refractivity contribution in [3.05, 3.63) is 281 Å². The van der Waals surface area contributed by atoms with Crippen molar-refractivity contribution in [3.63, 3.8) is 0 Å². The van der Waals surface area contributed by atoms with Crippen molar-refractivity contribution in [2.45, 2.75) is 93.4 Å². The molecule has 0 aliphatic carbocycles. The van der Waals surface area contributed by atoms with Gasteiger partial charge in [0, 0.05) is 155 Å². The second-order valence-electron chi connectivity index (χ2n) is 34.2. The summed E-state index contributed by atoms with van der Waals surface area (Å²) in [6.45, 7) is 13.5. The molecule has 0 unspecified atom stereocenters. The number of nitrogens with one attached hydrogen (secondary N) is 4. The van der Waals surface area contributed by atoms with E-state index in [9.17, 15) is 38.4 Å². The van der Waals surface area contributed by atoms with Gasteiger partial charge >= 0.3 is 0 Å². The van der Waals surface area contributed by atoms with Crippen molar-refractivity contribution in [1.29, 1.82) is 0 Å². The summed E-state index contributed by atoms with van der Waals surface area (Å²) in [7, 11) is 5.96. The Labute approximate surface area is 824 Å². The molecule has 0 bridgehead atoms. The van der Waals surface area contributed by atoms with E-state index in [1.807, 2.05) is 73.1 Å². The SMILES string of the molecule is COc1cnc(-n2cnc(C)n2)c2[nH]cc(C(=O)C(=O)N3CCc4c(cnn4-c4cc(C)nc(C)n4)C3)c12.COc1cnc(-n2cnc(C)n2)c2[nH]cc(C(=O)C(=O)N3CCc4c(cnn4-c4ccccc4)C3)c12.COc1cnc(-n2cnc(C)n2)c2[nH]cc(C(=O)C(=O)N3CCc4c(cnn4-c4ccccn4)C3)c12.COc1cnc(-n2cnc(C)n2)c2[nH]cc(C(=O)C(=O)N3CCc4c(cnn4-c4ncccn4)C3)c12. The second-order valence-corrected chi connectivity index (χ2v) is 34.2. The number of carbonyl (C=O) groups is 8. The molecule has 1 aromatic carbocycles. The number of benzene rings is 1. The van der Waals surface area contributed by atoms with Crippen molar-refractivity contribution in [1.82, 2.24) is 183 Å². The molecule has 0 saturated carbocycles. The van der Waals surface area contributed by atoms with Crippen LogP contribution in [-0.4, -0.2) is 284 Å². The van der Waals surface area contributed by atoms with Gasteiger partial charge in [-0.3, -0.25) is 38.4 Å². The van der Waals surface area contributed by atoms with Crippen LogP contribution < -0.4 is 18.9 Å². The zero-order chi connectivity index (χ0) is 101. The summed E-state index contributed by atoms with van der Waals surface area (Å²) in [5, 5.41) is 36.9. The fourth-order valence-corrected chi connectivity index (χ4v) is 18.3. The van der Waals surface area contributed by atoms with Crippen LogP contribution in [0.5, 0.6) is 23.0 Å². The average molecular weight is 1960 g/mol. The molecule has 49 heteroatoms. The van der Waals surface area contributed by atoms with Gasteiger partial charge in [-0.15, -0.1) is 0 Å². The minimum atomic E-state index is -0.645. The number of carbonyl (C=O) groups excluding carboxylic acids is 8. The number of fused-ring (bicyclic) bond motifs is 8. The van der Waals surface area contributed by atoms with Crippen molar-refractivity contribution in [3.8, 4) is 69.5 Å². The Morgan fingerprint density at radius 3 is 0.952 bits per heavy atom. The number of aromatic amines is 4. The van der Waals surface area contributed by atoms with E-state index in [1.165, 1.54) is 127 Å². The van der Waals surface area contributed by atoms with Crippen LogP contribution in [-0.2, 0) is 71.0 Å². The van der Waals surface area contributed by atoms with Gasteiger partial charge in [0.25, 0.3) is 52.7 Å². The van der Waals surface area contributed by atoms with Gasteiger partial charge in [0.1, 0.15) is 77.4 Å². The molecule has 20 aromatic rings. The molecule has 23 heterocycles. The van der Waals surface area contributed by atoms with E-state index < -0.39 is 46.8 Å². The largest absolute Gasteiger partial charge is 0.494 e. The molecule has 0 atom stereocenters. The van der Waals surface area contributed by atoms with E-state index in [4.69, 9.17) is 18.9 Å². The molecule has 146 heavy (non-hydrogen) atoms. The van der Waals surface area contributed by atoms with E-state index in [-0.39, 0.29) is 41.9 Å². The second kappa shape index (κ2) is 38.6. The van der Waals surface area contributed by atoms with Gasteiger partial charge in [-0.2, -0.15) is 40.8 Å². The number of methoxy groups -OCH3 is 4. The number of hydrogen-bond donors (Lipinski definition) is 4. The first kappa shape index (κ1) is 92.8. The Bertz CT molecular complexity index is 7940. The number of nitrogens with zero attached hydrogens (tertiary/aromatic N) is 33. The number of aromatic nitrogens is 33. The lowest BCUT2D eigenvalue weighted by Crippen LogP contribution is -2.40. The molecule has 732 valence electrons. The number of ketones is 4. The van der Waals surface area contributed by atoms with Gasteiger partial charge in [0.2, 0.25) is 0 Å². The van der Waals surface area contributed by atoms with Crippen molar-refractivity contribution < 1.29 is 57.3 Å². The average Bonchev–Trinajstić information content (AvgIpc) is 1.61. The van der Waals surface area contributed by atoms with Crippen LogP contribution in [0.4, 0.5) is 0 Å². The first-order valence-corrected chi connectivity index (χ1v) is 45.8. The first-order valence-electron chi connectivity index (χ1n) is 45.8. The Kier molecular flexibility index (Phi) is 24.5. The highest BCUT2D eigenvalue weighted by atomic mass is 16.5. The molecule has 4 aliphatic rings. The Balaban J connectivity index is 0.000000114. The van der Waals surface area contributed by atoms with Crippen LogP contribution in [0.15, 0.2) is 179 Å². The minimum absolute atomic E-state index is 0.200. The number of rotatable bonds is 20. The highest BCUT2D eigenvalue weighted by molar-refractivity contribution is 6.47. The van der Waals surface area contributed by atoms with Gasteiger partial charge in [0.05, 0.1) is 172 Å². The Morgan fingerprint density at radius 1 is 0.315 bits per heavy atom. The summed E-state index contributed by atoms with van der Waals surface area (Å²) in [6, 6.07) is 19.1. The Hall–Kier alpha value is -19.5. The first-order chi connectivity index (χ1) is 71.0. The fraction of sp³-hybridized carbons (Fsp3) is 0.227. The van der Waals surface area contributed by atoms with E-state index in [1.54, 1.807) is 106 Å². The smallest absolute Gasteiger partial charge is 0.295 e. The molecule has 0 saturated heterocycles. The summed E-state index contributed by atoms with van der Waals surface area (Å²) >= 11 is 0. The lowest BCUT2D eigenvalue weighted by Gasteiger charge is -2.26. The highest BCUT2D eigenvalue weighted by Gasteiger charge is 2.39. The third-order valence-electron chi connectivity index (χ3n) is 25.2. The van der Waals surface area contributed by atoms with Crippen LogP contribution in [0.1, 0.15) is 121 Å². The van der Waals surface area contributed by atoms with Crippen molar-refractivity contribution >= 4 is 90.4 Å². The number of pyridine rings is 5. The van der Waals surface area contributed by atoms with Gasteiger partial charge in [-0.25, -0.2) is 102 Å². The standard InChI is InChI=1S/C25H24N10O3.C25H22N8O3.C24H21N9O3.C23H20N10O3/c1-13-7-20(31-15(3)30-13)35-18-5-6-33(11-16(18)8-29-35)25(37)23(36)17-9-26-22-21(17)19(38-4)10-27-24(22)34-12-28-14(2)32-34;1-15-28-14-32(30-15)24-22-21(20(36-2)12-27-24)18(11-26-22)23(34)25(35)31-9-8-19-16(13-31)10-29-33(19)17-6-4-3-5-7-17;1-14-28-13-32(30-14)23-21-20(18(36-2)11-27-23)16(10-26-21)22(34)24(35)31-8-6-17-15(12-31)9-29-33(17)19-5-3-4-7-25-19;1-13-28-12-32(30-13)21-19-18(17(36-2)10-27-21)15(9-26-19)20(34)22(35)31-7-4-16-14(11-31)8-29-33(16)23-24-5-3-6-25-23/h7-10,12,26H,5-6,11H2,1-4H3;3-7,10-12,14,26H,8-9,13H2,1-2H3;3-5,7,9-11,13,26H,6,8,12H2,1-2H3;3,5-6,8-10,12,26H,4,7,11H2,1-2H3. The molecule has 4 aliphatic heterocycles. The third kappa shape index (κ3) is 17.2. The van der Waals surface area contributed by atoms with Crippen LogP contribution in [0.25, 0.3) is 90.2 Å². The summed E-state index contributed by atoms with van der Waals surface area (Å²) < 4.78 is 35.0. The van der Waals surface area contributed by atoms with Crippen molar-refractivity contribution in [2.75, 3.05) is 54.6 Å². The number of amides is 4. The van der Waals surface area contributed by atoms with Crippen LogP contribution in [0, 0.1) is 41.5 Å². The highest BCUT2D eigenvalue weighted by Crippen LogP contribution is 2.39. The third-order valence-corrected chi connectivity index (χ3v) is 25.2. The predicted molar refractivity (Wildman–Crippen MR) is 516 cm³/mol. The quantitative estimate of drug-likeness (QED) is 0.0431. The molecular formula is C97H87N37O12. The minimum Gasteiger partial charge on any atom is -0.494 e. The topological polar surface area (TPSA) is 560 Å². The summed E-state index contributed by atoms with van der Waals surface area (Å²) in [4.78, 5) is 181. The number of para-hydroxylation sites is 1. The van der Waals surface area contributed by atoms with Gasteiger partial charge < -0.3 is 58.5 Å². The summed E-state index contributed by atoms with van der Waals surface area (Å²) in [6.07, 6.45) is 32.3. The van der Waals surface area contributed by atoms with Crippen LogP contribution in [0.3, 0.4) is 0 Å². The van der Waals surface area contributed by atoms with Crippen LogP contribution >= 0.6 is 0 Å². The van der Waals surface area contributed by atoms with E-state index in [2.05, 4.69) is 126 Å². The van der Waals surface area contributed by atoms with Crippen LogP contribution in [0.2, 0.25) is 0 Å². The molecule has 24 rings (SSSR count). The Morgan fingerprint density at radius 2 is 0.630 bits per heavy atom. The van der Waals surface area contributed by atoms with E-state index in [0.29, 0.717) is 195 Å². The molecule has 0 spiro atoms. The summed E-state index contributed by atoms with van der Waals surface area (Å²) in [5.41, 5.74) is 12.2. The fourth-order valence-electron chi connectivity index (χ4n) is 18.3. The number of H-pyrrole nitrogens is 4. The molecule has 0 fully saturated rings. The number of hydrogen-bond acceptors (Lipinski definition) is 33. The zero-order valence-electron chi connectivity index (χ0n) is 79.9. The van der Waals surface area contributed by atoms with Crippen molar-refractivity contribution in [2.24, 2.45) is 0 Å². The molecule has 49 nitrogen and oxygen atoms in total. The van der Waals surface area contributed by atoms with Gasteiger partial charge in [-0.1, -0.05) is 24.3 Å². The predicted octanol–water partition coefficient (Wildman–Crippen LogP) is 7.25. The molecule has 19 aromatic heterocycles. The molecule has 4 N–H and O–H groups in total. The lowest BCUT2D eigenvalue weighted by atomic mass is 10.0. The number of ether oxygens (including phenoxy) is 4. The zero-order valence-corrected chi connectivity index (χ0v) is 79.9. The van der Waals surface area contributed by atoms with Gasteiger partial charge in [-0.05, 0) is 71.9 Å². The number of aryl methyl sites for hydroxylation is 6. The normalized spacial score (nSPS) is 13.1. The molecule has 4 amide bonds. The maximum absolute atomic E-state index is 13.5. The lowest BCUT2D eigenvalue weighted by molar-refractivity contribution is -0.127. The maximum atomic E-state index is 13.5. The number of Topliss-reactive ketones (excluding diaryl/α,β-unsaturated/α-hetero) is 4. The molecular weight excluding hydrogens is 1880 g/mol. The monoisotopic (exact) mass is 1960 g/mol. The van der Waals surface area contributed by atoms with E-state index in [0.717, 1.165) is 56.4 Å².